The molecule has 0 bridgehead atoms. The van der Waals surface area contributed by atoms with Gasteiger partial charge < -0.3 is 9.64 Å². The van der Waals surface area contributed by atoms with Gasteiger partial charge in [0.05, 0.1) is 24.9 Å². The molecule has 6 rings (SSSR count). The molecule has 3 aromatic carbocycles. The molecule has 0 radical (unpaired) electrons. The number of nitrogens with zero attached hydrogens (tertiary/aromatic N) is 4. The van der Waals surface area contributed by atoms with Crippen LogP contribution in [0.4, 0.5) is 5.69 Å². The van der Waals surface area contributed by atoms with Crippen molar-refractivity contribution in [3.8, 4) is 17.1 Å². The summed E-state index contributed by atoms with van der Waals surface area (Å²) < 4.78 is 6.78. The molecule has 0 atom stereocenters. The van der Waals surface area contributed by atoms with Crippen LogP contribution in [0, 0.1) is 0 Å². The molecule has 0 unspecified atom stereocenters. The number of amides is 1. The molecule has 1 amide bonds. The van der Waals surface area contributed by atoms with Gasteiger partial charge in [-0.3, -0.25) is 9.59 Å². The number of benzene rings is 3. The number of fused-ring (bicyclic) bond motifs is 2. The van der Waals surface area contributed by atoms with E-state index >= 15 is 0 Å². The largest absolute Gasteiger partial charge is 0.497 e. The first-order chi connectivity index (χ1) is 17.0. The van der Waals surface area contributed by atoms with Gasteiger partial charge >= 0.3 is 0 Å². The average molecular weight is 501 g/mol. The van der Waals surface area contributed by atoms with Gasteiger partial charge in [0, 0.05) is 16.1 Å². The minimum Gasteiger partial charge on any atom is -0.497 e. The van der Waals surface area contributed by atoms with Crippen molar-refractivity contribution in [3.05, 3.63) is 104 Å². The molecular weight excluding hydrogens is 484 g/mol. The zero-order valence-electron chi connectivity index (χ0n) is 18.4. The summed E-state index contributed by atoms with van der Waals surface area (Å²) in [7, 11) is 1.60. The van der Waals surface area contributed by atoms with Gasteiger partial charge in [0.25, 0.3) is 11.5 Å². The molecular formula is C26H17ClN4O3S. The van der Waals surface area contributed by atoms with E-state index in [1.807, 2.05) is 66.7 Å². The SMILES string of the molecule is COc1ccc(-c2nc3sc(=C4C(=O)N(Cc5ccccc5Cl)c5ccccc54)c(=O)n3n2)cc1. The first-order valence-electron chi connectivity index (χ1n) is 10.8. The zero-order valence-corrected chi connectivity index (χ0v) is 20.0. The first kappa shape index (κ1) is 21.5. The number of thiazole rings is 1. The molecule has 0 N–H and O–H groups in total. The molecule has 0 spiro atoms. The van der Waals surface area contributed by atoms with Crippen molar-refractivity contribution in [2.45, 2.75) is 6.54 Å². The average Bonchev–Trinajstić information content (AvgIpc) is 3.51. The Labute approximate surface area is 208 Å². The summed E-state index contributed by atoms with van der Waals surface area (Å²) in [5.41, 5.74) is 3.04. The molecule has 9 heteroatoms. The van der Waals surface area contributed by atoms with Gasteiger partial charge in [0.2, 0.25) is 4.96 Å². The molecule has 7 nitrogen and oxygen atoms in total. The van der Waals surface area contributed by atoms with Crippen molar-refractivity contribution >= 4 is 45.1 Å². The maximum Gasteiger partial charge on any atom is 0.291 e. The van der Waals surface area contributed by atoms with Crippen LogP contribution in [0.5, 0.6) is 5.75 Å². The summed E-state index contributed by atoms with van der Waals surface area (Å²) in [5.74, 6) is 0.909. The second kappa shape index (κ2) is 8.33. The zero-order chi connectivity index (χ0) is 24.1. The summed E-state index contributed by atoms with van der Waals surface area (Å²) in [6.07, 6.45) is 0. The van der Waals surface area contributed by atoms with E-state index in [2.05, 4.69) is 10.1 Å². The monoisotopic (exact) mass is 500 g/mol. The number of ether oxygens (including phenoxy) is 1. The summed E-state index contributed by atoms with van der Waals surface area (Å²) in [5, 5.41) is 5.00. The van der Waals surface area contributed by atoms with Crippen molar-refractivity contribution in [3.63, 3.8) is 0 Å². The lowest BCUT2D eigenvalue weighted by atomic mass is 10.1. The molecule has 0 saturated carbocycles. The van der Waals surface area contributed by atoms with Crippen LogP contribution in [0.15, 0.2) is 77.6 Å². The maximum absolute atomic E-state index is 13.6. The van der Waals surface area contributed by atoms with Gasteiger partial charge in [-0.05, 0) is 42.0 Å². The molecule has 3 heterocycles. The predicted molar refractivity (Wildman–Crippen MR) is 136 cm³/mol. The predicted octanol–water partition coefficient (Wildman–Crippen LogP) is 3.94. The highest BCUT2D eigenvalue weighted by atomic mass is 35.5. The number of anilines is 1. The fourth-order valence-electron chi connectivity index (χ4n) is 4.20. The molecule has 1 aliphatic rings. The van der Waals surface area contributed by atoms with Gasteiger partial charge in [-0.25, -0.2) is 0 Å². The number of para-hydroxylation sites is 1. The number of rotatable bonds is 4. The highest BCUT2D eigenvalue weighted by Gasteiger charge is 2.34. The summed E-state index contributed by atoms with van der Waals surface area (Å²) in [4.78, 5) is 33.6. The maximum atomic E-state index is 13.6. The number of aromatic nitrogens is 3. The van der Waals surface area contributed by atoms with Crippen molar-refractivity contribution in [1.29, 1.82) is 0 Å². The normalized spacial score (nSPS) is 14.6. The Bertz CT molecular complexity index is 1730. The standard InChI is InChI=1S/C26H17ClN4O3S/c1-34-17-12-10-15(11-13-17)23-28-26-31(29-23)25(33)22(35-26)21-18-7-3-5-9-20(18)30(24(21)32)14-16-6-2-4-8-19(16)27/h2-13H,14H2,1H3. The van der Waals surface area contributed by atoms with Crippen LogP contribution in [0.3, 0.4) is 0 Å². The van der Waals surface area contributed by atoms with Gasteiger partial charge in [0.1, 0.15) is 10.3 Å². The first-order valence-corrected chi connectivity index (χ1v) is 12.0. The molecule has 0 aliphatic carbocycles. The fraction of sp³-hybridized carbons (Fsp3) is 0.0769. The summed E-state index contributed by atoms with van der Waals surface area (Å²) in [6, 6.07) is 22.2. The molecule has 0 saturated heterocycles. The lowest BCUT2D eigenvalue weighted by Gasteiger charge is -2.17. The van der Waals surface area contributed by atoms with Crippen LogP contribution >= 0.6 is 22.9 Å². The third-order valence-electron chi connectivity index (χ3n) is 5.94. The van der Waals surface area contributed by atoms with Crippen LogP contribution in [0.2, 0.25) is 5.02 Å². The third-order valence-corrected chi connectivity index (χ3v) is 7.34. The Hall–Kier alpha value is -4.01. The van der Waals surface area contributed by atoms with Crippen LogP contribution in [0.25, 0.3) is 21.9 Å². The van der Waals surface area contributed by atoms with Crippen LogP contribution in [-0.4, -0.2) is 27.6 Å². The Balaban J connectivity index is 1.47. The van der Waals surface area contributed by atoms with E-state index < -0.39 is 0 Å². The van der Waals surface area contributed by atoms with E-state index in [-0.39, 0.29) is 11.5 Å². The van der Waals surface area contributed by atoms with E-state index in [0.29, 0.717) is 38.0 Å². The second-order valence-electron chi connectivity index (χ2n) is 7.97. The van der Waals surface area contributed by atoms with Gasteiger partial charge in [-0.1, -0.05) is 59.3 Å². The van der Waals surface area contributed by atoms with Crippen molar-refractivity contribution < 1.29 is 9.53 Å². The minimum absolute atomic E-state index is 0.247. The highest BCUT2D eigenvalue weighted by Crippen LogP contribution is 2.37. The number of hydrogen-bond acceptors (Lipinski definition) is 6. The Kier molecular flexibility index (Phi) is 5.12. The molecule has 2 aromatic heterocycles. The smallest absolute Gasteiger partial charge is 0.291 e. The van der Waals surface area contributed by atoms with E-state index in [0.717, 1.165) is 33.9 Å². The molecule has 5 aromatic rings. The van der Waals surface area contributed by atoms with Crippen LogP contribution in [-0.2, 0) is 11.3 Å². The molecule has 172 valence electrons. The molecule has 1 aliphatic heterocycles. The number of carbonyl (C=O) groups excluding carboxylic acids is 1. The third kappa shape index (κ3) is 3.50. The second-order valence-corrected chi connectivity index (χ2v) is 9.35. The lowest BCUT2D eigenvalue weighted by Crippen LogP contribution is -2.32. The van der Waals surface area contributed by atoms with Crippen molar-refractivity contribution in [1.82, 2.24) is 14.6 Å². The van der Waals surface area contributed by atoms with E-state index in [1.165, 1.54) is 4.52 Å². The summed E-state index contributed by atoms with van der Waals surface area (Å²) in [6.45, 7) is 0.301. The number of methoxy groups -OCH3 is 1. The Morgan fingerprint density at radius 2 is 1.71 bits per heavy atom. The van der Waals surface area contributed by atoms with Crippen LogP contribution < -0.4 is 19.7 Å². The fourth-order valence-corrected chi connectivity index (χ4v) is 5.39. The lowest BCUT2D eigenvalue weighted by molar-refractivity contribution is -0.113. The Morgan fingerprint density at radius 1 is 0.971 bits per heavy atom. The van der Waals surface area contributed by atoms with Crippen LogP contribution in [0.1, 0.15) is 11.1 Å². The van der Waals surface area contributed by atoms with Gasteiger partial charge in [-0.2, -0.15) is 9.50 Å². The molecule has 0 fully saturated rings. The van der Waals surface area contributed by atoms with E-state index in [9.17, 15) is 9.59 Å². The number of hydrogen-bond donors (Lipinski definition) is 0. The van der Waals surface area contributed by atoms with E-state index in [1.54, 1.807) is 18.1 Å². The highest BCUT2D eigenvalue weighted by molar-refractivity contribution is 7.15. The van der Waals surface area contributed by atoms with Crippen molar-refractivity contribution in [2.24, 2.45) is 0 Å². The van der Waals surface area contributed by atoms with Gasteiger partial charge in [-0.15, -0.1) is 5.10 Å². The number of carbonyl (C=O) groups is 1. The quantitative estimate of drug-likeness (QED) is 0.373. The van der Waals surface area contributed by atoms with Crippen molar-refractivity contribution in [2.75, 3.05) is 12.0 Å². The van der Waals surface area contributed by atoms with Gasteiger partial charge in [0.15, 0.2) is 5.82 Å². The minimum atomic E-state index is -0.366. The summed E-state index contributed by atoms with van der Waals surface area (Å²) >= 11 is 7.52. The number of halogens is 1. The van der Waals surface area contributed by atoms with E-state index in [4.69, 9.17) is 16.3 Å². The topological polar surface area (TPSA) is 76.8 Å². The molecule has 35 heavy (non-hydrogen) atoms. The Morgan fingerprint density at radius 3 is 2.46 bits per heavy atom.